The summed E-state index contributed by atoms with van der Waals surface area (Å²) >= 11 is 1.86. The number of morpholine rings is 1. The first-order valence-electron chi connectivity index (χ1n) is 11.1. The predicted octanol–water partition coefficient (Wildman–Crippen LogP) is 2.96. The van der Waals surface area contributed by atoms with Crippen molar-refractivity contribution >= 4 is 33.2 Å². The molecule has 5 rings (SSSR count). The van der Waals surface area contributed by atoms with Crippen LogP contribution in [0.2, 0.25) is 0 Å². The molecule has 8 nitrogen and oxygen atoms in total. The molecule has 0 amide bonds. The van der Waals surface area contributed by atoms with Crippen LogP contribution in [0.25, 0.3) is 10.2 Å². The monoisotopic (exact) mass is 439 g/mol. The molecule has 1 saturated heterocycles. The zero-order valence-corrected chi connectivity index (χ0v) is 18.7. The molecule has 2 aliphatic rings. The molecule has 31 heavy (non-hydrogen) atoms. The number of nitrogens with one attached hydrogen (secondary N) is 2. The number of aryl methyl sites for hydroxylation is 1. The normalized spacial score (nSPS) is 19.3. The molecule has 1 aliphatic carbocycles. The van der Waals surface area contributed by atoms with E-state index in [0.29, 0.717) is 0 Å². The highest BCUT2D eigenvalue weighted by molar-refractivity contribution is 7.19. The largest absolute Gasteiger partial charge is 0.379 e. The summed E-state index contributed by atoms with van der Waals surface area (Å²) in [6, 6.07) is 0. The van der Waals surface area contributed by atoms with E-state index in [-0.39, 0.29) is 0 Å². The third-order valence-corrected chi connectivity index (χ3v) is 7.11. The molecular weight excluding hydrogens is 410 g/mol. The van der Waals surface area contributed by atoms with E-state index in [1.165, 1.54) is 22.2 Å². The highest BCUT2D eigenvalue weighted by atomic mass is 32.1. The summed E-state index contributed by atoms with van der Waals surface area (Å²) < 4.78 is 5.49. The molecule has 3 aromatic rings. The van der Waals surface area contributed by atoms with E-state index >= 15 is 0 Å². The molecule has 9 heteroatoms. The fraction of sp³-hybridized carbons (Fsp3) is 0.545. The Labute approximate surface area is 186 Å². The Kier molecular flexibility index (Phi) is 6.24. The quantitative estimate of drug-likeness (QED) is 0.543. The Morgan fingerprint density at radius 2 is 2.03 bits per heavy atom. The van der Waals surface area contributed by atoms with Gasteiger partial charge in [-0.25, -0.2) is 15.0 Å². The summed E-state index contributed by atoms with van der Waals surface area (Å²) in [5.41, 5.74) is 1.46. The lowest BCUT2D eigenvalue weighted by Gasteiger charge is -2.26. The smallest absolute Gasteiger partial charge is 0.146 e. The van der Waals surface area contributed by atoms with Gasteiger partial charge in [-0.2, -0.15) is 0 Å². The van der Waals surface area contributed by atoms with E-state index in [2.05, 4.69) is 32.4 Å². The van der Waals surface area contributed by atoms with Crippen molar-refractivity contribution in [3.05, 3.63) is 34.9 Å². The summed E-state index contributed by atoms with van der Waals surface area (Å²) in [7, 11) is 0. The van der Waals surface area contributed by atoms with Gasteiger partial charge in [-0.05, 0) is 30.7 Å². The van der Waals surface area contributed by atoms with Gasteiger partial charge in [0.15, 0.2) is 0 Å². The van der Waals surface area contributed by atoms with Gasteiger partial charge < -0.3 is 15.4 Å². The van der Waals surface area contributed by atoms with Crippen LogP contribution in [-0.2, 0) is 24.1 Å². The minimum Gasteiger partial charge on any atom is -0.379 e. The van der Waals surface area contributed by atoms with Crippen molar-refractivity contribution in [2.45, 2.75) is 32.7 Å². The average Bonchev–Trinajstić information content (AvgIpc) is 3.15. The maximum atomic E-state index is 5.49. The third-order valence-electron chi connectivity index (χ3n) is 5.96. The Bertz CT molecular complexity index is 1020. The average molecular weight is 440 g/mol. The van der Waals surface area contributed by atoms with Gasteiger partial charge in [0, 0.05) is 43.4 Å². The molecule has 1 unspecified atom stereocenters. The van der Waals surface area contributed by atoms with Crippen LogP contribution < -0.4 is 10.6 Å². The second kappa shape index (κ2) is 9.42. The first-order valence-corrected chi connectivity index (χ1v) is 11.9. The summed E-state index contributed by atoms with van der Waals surface area (Å²) in [6.45, 7) is 8.05. The number of anilines is 2. The lowest BCUT2D eigenvalue weighted by molar-refractivity contribution is 0.0331. The van der Waals surface area contributed by atoms with Gasteiger partial charge in [-0.3, -0.25) is 9.88 Å². The molecule has 1 aliphatic heterocycles. The standard InChI is InChI=1S/C22H29N7OS/c1-15-2-3-16-17(12-15)31-22-20(16)21(26-7-6-25-18-13-23-4-5-24-18)27-19(28-22)14-29-8-10-30-11-9-29/h4-5,13,15H,2-3,6-12,14H2,1H3,(H,24,25)(H,26,27,28). The molecule has 1 atom stereocenters. The second-order valence-corrected chi connectivity index (χ2v) is 9.44. The third kappa shape index (κ3) is 4.78. The summed E-state index contributed by atoms with van der Waals surface area (Å²) in [6.07, 6.45) is 8.62. The van der Waals surface area contributed by atoms with Crippen LogP contribution in [0.4, 0.5) is 11.6 Å². The van der Waals surface area contributed by atoms with E-state index in [4.69, 9.17) is 14.7 Å². The molecule has 2 N–H and O–H groups in total. The Morgan fingerprint density at radius 3 is 2.87 bits per heavy atom. The topological polar surface area (TPSA) is 88.1 Å². The number of rotatable bonds is 7. The van der Waals surface area contributed by atoms with Crippen molar-refractivity contribution in [2.24, 2.45) is 5.92 Å². The van der Waals surface area contributed by atoms with E-state index in [9.17, 15) is 0 Å². The molecule has 0 saturated carbocycles. The molecule has 4 heterocycles. The number of thiophene rings is 1. The fourth-order valence-electron chi connectivity index (χ4n) is 4.31. The maximum absolute atomic E-state index is 5.49. The van der Waals surface area contributed by atoms with Crippen molar-refractivity contribution in [3.63, 3.8) is 0 Å². The zero-order valence-electron chi connectivity index (χ0n) is 17.9. The van der Waals surface area contributed by atoms with Crippen molar-refractivity contribution < 1.29 is 4.74 Å². The molecule has 0 aromatic carbocycles. The number of aromatic nitrogens is 4. The Balaban J connectivity index is 1.37. The molecule has 0 bridgehead atoms. The highest BCUT2D eigenvalue weighted by Crippen LogP contribution is 2.40. The Morgan fingerprint density at radius 1 is 1.16 bits per heavy atom. The van der Waals surface area contributed by atoms with Gasteiger partial charge in [-0.1, -0.05) is 6.92 Å². The Hall–Kier alpha value is -2.36. The summed E-state index contributed by atoms with van der Waals surface area (Å²) in [5.74, 6) is 3.40. The highest BCUT2D eigenvalue weighted by Gasteiger charge is 2.24. The van der Waals surface area contributed by atoms with Crippen LogP contribution >= 0.6 is 11.3 Å². The minimum absolute atomic E-state index is 0.742. The first kappa shape index (κ1) is 20.5. The van der Waals surface area contributed by atoms with Crippen LogP contribution in [0.3, 0.4) is 0 Å². The van der Waals surface area contributed by atoms with Crippen molar-refractivity contribution in [1.29, 1.82) is 0 Å². The van der Waals surface area contributed by atoms with Crippen LogP contribution in [0.1, 0.15) is 29.6 Å². The maximum Gasteiger partial charge on any atom is 0.146 e. The first-order chi connectivity index (χ1) is 15.3. The van der Waals surface area contributed by atoms with Crippen molar-refractivity contribution in [2.75, 3.05) is 50.0 Å². The van der Waals surface area contributed by atoms with Crippen molar-refractivity contribution in [1.82, 2.24) is 24.8 Å². The second-order valence-electron chi connectivity index (χ2n) is 8.35. The summed E-state index contributed by atoms with van der Waals surface area (Å²) in [4.78, 5) is 23.3. The SMILES string of the molecule is CC1CCc2c(sc3nc(CN4CCOCC4)nc(NCCNc4cnccn4)c23)C1. The fourth-order valence-corrected chi connectivity index (χ4v) is 5.71. The van der Waals surface area contributed by atoms with E-state index in [1.54, 1.807) is 18.6 Å². The van der Waals surface area contributed by atoms with E-state index in [0.717, 1.165) is 87.0 Å². The van der Waals surface area contributed by atoms with E-state index < -0.39 is 0 Å². The molecule has 1 fully saturated rings. The molecule has 0 spiro atoms. The number of hydrogen-bond donors (Lipinski definition) is 2. The van der Waals surface area contributed by atoms with Gasteiger partial charge in [0.1, 0.15) is 22.3 Å². The van der Waals surface area contributed by atoms with Gasteiger partial charge in [-0.15, -0.1) is 11.3 Å². The number of fused-ring (bicyclic) bond motifs is 3. The number of ether oxygens (including phenoxy) is 1. The summed E-state index contributed by atoms with van der Waals surface area (Å²) in [5, 5.41) is 8.12. The molecule has 164 valence electrons. The van der Waals surface area contributed by atoms with Crippen LogP contribution in [-0.4, -0.2) is 64.2 Å². The lowest BCUT2D eigenvalue weighted by Crippen LogP contribution is -2.36. The van der Waals surface area contributed by atoms with E-state index in [1.807, 2.05) is 11.3 Å². The van der Waals surface area contributed by atoms with Crippen molar-refractivity contribution in [3.8, 4) is 0 Å². The zero-order chi connectivity index (χ0) is 21.0. The van der Waals surface area contributed by atoms with Crippen LogP contribution in [0, 0.1) is 5.92 Å². The number of nitrogens with zero attached hydrogens (tertiary/aromatic N) is 5. The predicted molar refractivity (Wildman–Crippen MR) is 124 cm³/mol. The molecule has 3 aromatic heterocycles. The molecular formula is C22H29N7OS. The van der Waals surface area contributed by atoms with Gasteiger partial charge in [0.05, 0.1) is 31.3 Å². The van der Waals surface area contributed by atoms with Gasteiger partial charge >= 0.3 is 0 Å². The lowest BCUT2D eigenvalue weighted by atomic mass is 9.89. The van der Waals surface area contributed by atoms with Gasteiger partial charge in [0.25, 0.3) is 0 Å². The van der Waals surface area contributed by atoms with Gasteiger partial charge in [0.2, 0.25) is 0 Å². The molecule has 0 radical (unpaired) electrons. The van der Waals surface area contributed by atoms with Crippen LogP contribution in [0.5, 0.6) is 0 Å². The van der Waals surface area contributed by atoms with Crippen LogP contribution in [0.15, 0.2) is 18.6 Å². The minimum atomic E-state index is 0.742. The number of hydrogen-bond acceptors (Lipinski definition) is 9.